The number of carbonyl (C=O) groups is 1. The van der Waals surface area contributed by atoms with Crippen LogP contribution in [-0.2, 0) is 11.2 Å². The average Bonchev–Trinajstić information content (AvgIpc) is 2.65. The molecule has 1 aliphatic rings. The zero-order chi connectivity index (χ0) is 13.6. The summed E-state index contributed by atoms with van der Waals surface area (Å²) in [6.45, 7) is 1.37. The van der Waals surface area contributed by atoms with E-state index in [0.717, 1.165) is 16.7 Å². The first-order valence-electron chi connectivity index (χ1n) is 5.93. The molecule has 0 heterocycles. The monoisotopic (exact) mass is 259 g/mol. The van der Waals surface area contributed by atoms with E-state index in [2.05, 4.69) is 5.32 Å². The molecule has 0 atom stereocenters. The van der Waals surface area contributed by atoms with Crippen molar-refractivity contribution in [1.29, 1.82) is 0 Å². The molecule has 1 aliphatic carbocycles. The minimum absolute atomic E-state index is 0.249. The molecule has 2 aromatic carbocycles. The van der Waals surface area contributed by atoms with Crippen LogP contribution in [0, 0.1) is 11.6 Å². The highest BCUT2D eigenvalue weighted by Gasteiger charge is 2.23. The maximum absolute atomic E-state index is 14.1. The van der Waals surface area contributed by atoms with Crippen LogP contribution in [0.4, 0.5) is 14.5 Å². The molecular weight excluding hydrogens is 248 g/mol. The van der Waals surface area contributed by atoms with Crippen molar-refractivity contribution >= 4 is 11.6 Å². The van der Waals surface area contributed by atoms with Gasteiger partial charge in [-0.25, -0.2) is 8.78 Å². The SMILES string of the molecule is CC(=O)Nc1cc(F)c2c(c1)Cc1cc(F)ccc1-2. The first-order valence-corrected chi connectivity index (χ1v) is 5.93. The second kappa shape index (κ2) is 4.16. The van der Waals surface area contributed by atoms with Crippen LogP contribution in [0.1, 0.15) is 18.1 Å². The summed E-state index contributed by atoms with van der Waals surface area (Å²) in [5, 5.41) is 2.56. The molecule has 0 saturated heterocycles. The van der Waals surface area contributed by atoms with Crippen molar-refractivity contribution in [2.75, 3.05) is 5.32 Å². The van der Waals surface area contributed by atoms with E-state index in [1.165, 1.54) is 25.1 Å². The lowest BCUT2D eigenvalue weighted by atomic mass is 10.0. The van der Waals surface area contributed by atoms with Gasteiger partial charge in [-0.05, 0) is 47.4 Å². The summed E-state index contributed by atoms with van der Waals surface area (Å²) in [6, 6.07) is 7.37. The van der Waals surface area contributed by atoms with Gasteiger partial charge in [-0.3, -0.25) is 4.79 Å². The van der Waals surface area contributed by atoms with Gasteiger partial charge in [0.25, 0.3) is 0 Å². The van der Waals surface area contributed by atoms with E-state index in [4.69, 9.17) is 0 Å². The Balaban J connectivity index is 2.12. The first kappa shape index (κ1) is 11.8. The van der Waals surface area contributed by atoms with Crippen LogP contribution >= 0.6 is 0 Å². The summed E-state index contributed by atoms with van der Waals surface area (Å²) < 4.78 is 27.3. The van der Waals surface area contributed by atoms with E-state index in [0.29, 0.717) is 17.7 Å². The lowest BCUT2D eigenvalue weighted by Gasteiger charge is -2.07. The molecule has 4 heteroatoms. The van der Waals surface area contributed by atoms with Crippen molar-refractivity contribution in [2.45, 2.75) is 13.3 Å². The number of nitrogens with one attached hydrogen (secondary N) is 1. The second-order valence-corrected chi connectivity index (χ2v) is 4.65. The van der Waals surface area contributed by atoms with E-state index >= 15 is 0 Å². The quantitative estimate of drug-likeness (QED) is 0.712. The number of benzene rings is 2. The molecule has 3 rings (SSSR count). The van der Waals surface area contributed by atoms with Gasteiger partial charge in [0.05, 0.1) is 0 Å². The zero-order valence-electron chi connectivity index (χ0n) is 10.3. The van der Waals surface area contributed by atoms with Gasteiger partial charge in [-0.1, -0.05) is 6.07 Å². The summed E-state index contributed by atoms with van der Waals surface area (Å²) in [5.41, 5.74) is 3.20. The third-order valence-corrected chi connectivity index (χ3v) is 3.21. The topological polar surface area (TPSA) is 29.1 Å². The van der Waals surface area contributed by atoms with Gasteiger partial charge in [-0.15, -0.1) is 0 Å². The third-order valence-electron chi connectivity index (χ3n) is 3.21. The van der Waals surface area contributed by atoms with E-state index in [-0.39, 0.29) is 11.7 Å². The fourth-order valence-corrected chi connectivity index (χ4v) is 2.54. The molecular formula is C15H11F2NO. The Kier molecular flexibility index (Phi) is 2.59. The summed E-state index contributed by atoms with van der Waals surface area (Å²) >= 11 is 0. The molecule has 19 heavy (non-hydrogen) atoms. The Hall–Kier alpha value is -2.23. The fourth-order valence-electron chi connectivity index (χ4n) is 2.54. The van der Waals surface area contributed by atoms with Gasteiger partial charge in [0.15, 0.2) is 0 Å². The van der Waals surface area contributed by atoms with Crippen LogP contribution in [0.3, 0.4) is 0 Å². The number of halogens is 2. The predicted octanol–water partition coefficient (Wildman–Crippen LogP) is 3.49. The Morgan fingerprint density at radius 1 is 1.16 bits per heavy atom. The van der Waals surface area contributed by atoms with Crippen LogP contribution in [0.5, 0.6) is 0 Å². The van der Waals surface area contributed by atoms with Crippen molar-refractivity contribution in [3.8, 4) is 11.1 Å². The molecule has 0 unspecified atom stereocenters. The molecule has 0 fully saturated rings. The lowest BCUT2D eigenvalue weighted by Crippen LogP contribution is -2.06. The van der Waals surface area contributed by atoms with Crippen molar-refractivity contribution in [3.63, 3.8) is 0 Å². The minimum atomic E-state index is -0.397. The molecule has 1 N–H and O–H groups in total. The molecule has 1 amide bonds. The third kappa shape index (κ3) is 1.99. The summed E-state index contributed by atoms with van der Waals surface area (Å²) in [7, 11) is 0. The normalized spacial score (nSPS) is 11.9. The smallest absolute Gasteiger partial charge is 0.221 e. The molecule has 0 spiro atoms. The van der Waals surface area contributed by atoms with Crippen molar-refractivity contribution in [2.24, 2.45) is 0 Å². The van der Waals surface area contributed by atoms with Gasteiger partial charge in [0, 0.05) is 18.2 Å². The predicted molar refractivity (Wildman–Crippen MR) is 68.9 cm³/mol. The summed E-state index contributed by atoms with van der Waals surface area (Å²) in [6.07, 6.45) is 0.479. The molecule has 0 aromatic heterocycles. The Morgan fingerprint density at radius 2 is 1.95 bits per heavy atom. The zero-order valence-corrected chi connectivity index (χ0v) is 10.3. The average molecular weight is 259 g/mol. The highest BCUT2D eigenvalue weighted by atomic mass is 19.1. The number of rotatable bonds is 1. The van der Waals surface area contributed by atoms with Gasteiger partial charge >= 0.3 is 0 Å². The fraction of sp³-hybridized carbons (Fsp3) is 0.133. The molecule has 0 radical (unpaired) electrons. The molecule has 0 saturated carbocycles. The van der Waals surface area contributed by atoms with Crippen molar-refractivity contribution < 1.29 is 13.6 Å². The van der Waals surface area contributed by atoms with Gasteiger partial charge < -0.3 is 5.32 Å². The van der Waals surface area contributed by atoms with Gasteiger partial charge in [0.1, 0.15) is 11.6 Å². The molecule has 96 valence electrons. The van der Waals surface area contributed by atoms with Gasteiger partial charge in [0.2, 0.25) is 5.91 Å². The van der Waals surface area contributed by atoms with Crippen LogP contribution in [0.2, 0.25) is 0 Å². The number of anilines is 1. The first-order chi connectivity index (χ1) is 9.04. The van der Waals surface area contributed by atoms with Crippen molar-refractivity contribution in [1.82, 2.24) is 0 Å². The van der Waals surface area contributed by atoms with E-state index in [9.17, 15) is 13.6 Å². The highest BCUT2D eigenvalue weighted by Crippen LogP contribution is 2.40. The molecule has 0 aliphatic heterocycles. The molecule has 2 aromatic rings. The summed E-state index contributed by atoms with van der Waals surface area (Å²) in [5.74, 6) is -0.971. The number of fused-ring (bicyclic) bond motifs is 3. The standard InChI is InChI=1S/C15H11F2NO/c1-8(19)18-12-6-10-4-9-5-11(16)2-3-13(9)15(10)14(17)7-12/h2-3,5-7H,4H2,1H3,(H,18,19). The van der Waals surface area contributed by atoms with Crippen LogP contribution in [-0.4, -0.2) is 5.91 Å². The number of hydrogen-bond donors (Lipinski definition) is 1. The van der Waals surface area contributed by atoms with E-state index in [1.807, 2.05) is 0 Å². The molecule has 0 bridgehead atoms. The molecule has 2 nitrogen and oxygen atoms in total. The van der Waals surface area contributed by atoms with Crippen LogP contribution in [0.25, 0.3) is 11.1 Å². The number of amides is 1. The van der Waals surface area contributed by atoms with E-state index in [1.54, 1.807) is 12.1 Å². The lowest BCUT2D eigenvalue weighted by molar-refractivity contribution is -0.114. The minimum Gasteiger partial charge on any atom is -0.326 e. The number of carbonyl (C=O) groups excluding carboxylic acids is 1. The number of hydrogen-bond acceptors (Lipinski definition) is 1. The van der Waals surface area contributed by atoms with Crippen LogP contribution in [0.15, 0.2) is 30.3 Å². The summed E-state index contributed by atoms with van der Waals surface area (Å²) in [4.78, 5) is 11.0. The van der Waals surface area contributed by atoms with Gasteiger partial charge in [-0.2, -0.15) is 0 Å². The highest BCUT2D eigenvalue weighted by molar-refractivity contribution is 5.90. The maximum atomic E-state index is 14.1. The Labute approximate surface area is 109 Å². The largest absolute Gasteiger partial charge is 0.326 e. The van der Waals surface area contributed by atoms with Crippen molar-refractivity contribution in [3.05, 3.63) is 53.1 Å². The Morgan fingerprint density at radius 3 is 2.68 bits per heavy atom. The Bertz CT molecular complexity index is 695. The maximum Gasteiger partial charge on any atom is 0.221 e. The van der Waals surface area contributed by atoms with E-state index < -0.39 is 5.82 Å². The van der Waals surface area contributed by atoms with Crippen LogP contribution < -0.4 is 5.32 Å². The second-order valence-electron chi connectivity index (χ2n) is 4.65.